The second-order valence-corrected chi connectivity index (χ2v) is 8.80. The second-order valence-electron chi connectivity index (χ2n) is 8.80. The first kappa shape index (κ1) is 23.1. The normalized spacial score (nSPS) is 17.2. The highest BCUT2D eigenvalue weighted by Gasteiger charge is 2.15. The van der Waals surface area contributed by atoms with Crippen molar-refractivity contribution in [1.82, 2.24) is 19.9 Å². The Morgan fingerprint density at radius 2 is 1.88 bits per heavy atom. The van der Waals surface area contributed by atoms with Crippen LogP contribution in [0.4, 0.5) is 17.5 Å². The number of anilines is 3. The lowest BCUT2D eigenvalue weighted by Crippen LogP contribution is -2.24. The smallest absolute Gasteiger partial charge is 0.227 e. The Hall–Kier alpha value is -3.03. The summed E-state index contributed by atoms with van der Waals surface area (Å²) in [5, 5.41) is 6.61. The lowest BCUT2D eigenvalue weighted by Gasteiger charge is -2.25. The Morgan fingerprint density at radius 1 is 1.00 bits per heavy atom. The van der Waals surface area contributed by atoms with E-state index in [1.165, 1.54) is 44.3 Å². The van der Waals surface area contributed by atoms with Crippen LogP contribution in [-0.2, 0) is 0 Å². The fourth-order valence-electron chi connectivity index (χ4n) is 4.25. The van der Waals surface area contributed by atoms with Crippen LogP contribution in [0, 0.1) is 0 Å². The Kier molecular flexibility index (Phi) is 8.22. The lowest BCUT2D eigenvalue weighted by atomic mass is 9.89. The number of nitrogens with one attached hydrogen (secondary N) is 2. The summed E-state index contributed by atoms with van der Waals surface area (Å²) in [5.74, 6) is 2.07. The van der Waals surface area contributed by atoms with Gasteiger partial charge in [-0.25, -0.2) is 15.0 Å². The van der Waals surface area contributed by atoms with E-state index in [-0.39, 0.29) is 0 Å². The molecular weight excluding hydrogens is 410 g/mol. The van der Waals surface area contributed by atoms with Crippen molar-refractivity contribution in [3.05, 3.63) is 60.4 Å². The SMILES string of the molecule is CN1CCCCC(c2ccc(Nc3nccc(-c4ccc(NCCCN)nc4)n3)cc2)CC1. The molecule has 0 amide bonds. The highest BCUT2D eigenvalue weighted by atomic mass is 15.1. The number of hydrogen-bond donors (Lipinski definition) is 3. The summed E-state index contributed by atoms with van der Waals surface area (Å²) in [5.41, 5.74) is 9.75. The molecular formula is C26H35N7. The summed E-state index contributed by atoms with van der Waals surface area (Å²) in [6.45, 7) is 3.88. The molecule has 1 saturated heterocycles. The van der Waals surface area contributed by atoms with E-state index in [0.717, 1.165) is 35.7 Å². The van der Waals surface area contributed by atoms with Gasteiger partial charge in [0, 0.05) is 30.2 Å². The van der Waals surface area contributed by atoms with E-state index in [4.69, 9.17) is 5.73 Å². The summed E-state index contributed by atoms with van der Waals surface area (Å²) in [6.07, 6.45) is 9.63. The fourth-order valence-corrected chi connectivity index (χ4v) is 4.25. The van der Waals surface area contributed by atoms with Gasteiger partial charge < -0.3 is 21.3 Å². The zero-order valence-corrected chi connectivity index (χ0v) is 19.5. The number of benzene rings is 1. The minimum Gasteiger partial charge on any atom is -0.370 e. The maximum Gasteiger partial charge on any atom is 0.227 e. The average molecular weight is 446 g/mol. The van der Waals surface area contributed by atoms with Gasteiger partial charge >= 0.3 is 0 Å². The Balaban J connectivity index is 1.39. The van der Waals surface area contributed by atoms with Crippen LogP contribution in [-0.4, -0.2) is 53.1 Å². The van der Waals surface area contributed by atoms with E-state index >= 15 is 0 Å². The van der Waals surface area contributed by atoms with Crippen LogP contribution in [0.1, 0.15) is 43.6 Å². The Morgan fingerprint density at radius 3 is 2.67 bits per heavy atom. The molecule has 4 rings (SSSR count). The van der Waals surface area contributed by atoms with E-state index in [1.807, 2.05) is 24.4 Å². The van der Waals surface area contributed by atoms with Crippen molar-refractivity contribution < 1.29 is 0 Å². The third-order valence-corrected chi connectivity index (χ3v) is 6.24. The molecule has 174 valence electrons. The molecule has 1 atom stereocenters. The number of rotatable bonds is 8. The molecule has 3 aromatic rings. The van der Waals surface area contributed by atoms with Crippen LogP contribution in [0.5, 0.6) is 0 Å². The van der Waals surface area contributed by atoms with Gasteiger partial charge in [-0.2, -0.15) is 0 Å². The highest BCUT2D eigenvalue weighted by molar-refractivity contribution is 5.62. The zero-order valence-electron chi connectivity index (χ0n) is 19.5. The van der Waals surface area contributed by atoms with Crippen molar-refractivity contribution >= 4 is 17.5 Å². The van der Waals surface area contributed by atoms with Crippen LogP contribution >= 0.6 is 0 Å². The first-order valence-corrected chi connectivity index (χ1v) is 12.0. The van der Waals surface area contributed by atoms with Gasteiger partial charge in [-0.1, -0.05) is 18.6 Å². The van der Waals surface area contributed by atoms with Crippen molar-refractivity contribution in [1.29, 1.82) is 0 Å². The number of pyridine rings is 1. The molecule has 0 bridgehead atoms. The van der Waals surface area contributed by atoms with Gasteiger partial charge in [0.1, 0.15) is 5.82 Å². The van der Waals surface area contributed by atoms with Crippen molar-refractivity contribution in [2.45, 2.75) is 38.0 Å². The first-order valence-electron chi connectivity index (χ1n) is 12.0. The molecule has 0 spiro atoms. The Labute approximate surface area is 196 Å². The Bertz CT molecular complexity index is 988. The van der Waals surface area contributed by atoms with Crippen molar-refractivity contribution in [3.8, 4) is 11.3 Å². The molecule has 1 fully saturated rings. The number of likely N-dealkylation sites (tertiary alicyclic amines) is 1. The van der Waals surface area contributed by atoms with E-state index in [2.05, 4.69) is 61.8 Å². The predicted molar refractivity (Wildman–Crippen MR) is 136 cm³/mol. The monoisotopic (exact) mass is 445 g/mol. The van der Waals surface area contributed by atoms with Crippen molar-refractivity contribution in [2.24, 2.45) is 5.73 Å². The van der Waals surface area contributed by atoms with Crippen molar-refractivity contribution in [2.75, 3.05) is 43.9 Å². The minimum atomic E-state index is 0.581. The fraction of sp³-hybridized carbons (Fsp3) is 0.423. The van der Waals surface area contributed by atoms with Gasteiger partial charge in [-0.15, -0.1) is 0 Å². The number of hydrogen-bond acceptors (Lipinski definition) is 7. The molecule has 7 nitrogen and oxygen atoms in total. The molecule has 0 saturated carbocycles. The van der Waals surface area contributed by atoms with E-state index in [9.17, 15) is 0 Å². The largest absolute Gasteiger partial charge is 0.370 e. The number of nitrogens with zero attached hydrogens (tertiary/aromatic N) is 4. The van der Waals surface area contributed by atoms with Gasteiger partial charge in [-0.05, 0) is 94.2 Å². The summed E-state index contributed by atoms with van der Waals surface area (Å²) in [4.78, 5) is 16.0. The first-order chi connectivity index (χ1) is 16.2. The van der Waals surface area contributed by atoms with Crippen LogP contribution in [0.15, 0.2) is 54.9 Å². The topological polar surface area (TPSA) is 92.0 Å². The molecule has 2 aromatic heterocycles. The van der Waals surface area contributed by atoms with E-state index < -0.39 is 0 Å². The molecule has 1 aliphatic heterocycles. The maximum absolute atomic E-state index is 5.54. The van der Waals surface area contributed by atoms with Gasteiger partial charge in [0.25, 0.3) is 0 Å². The van der Waals surface area contributed by atoms with Gasteiger partial charge in [0.15, 0.2) is 0 Å². The highest BCUT2D eigenvalue weighted by Crippen LogP contribution is 2.29. The summed E-state index contributed by atoms with van der Waals surface area (Å²) in [7, 11) is 2.23. The summed E-state index contributed by atoms with van der Waals surface area (Å²) in [6, 6.07) is 14.7. The zero-order chi connectivity index (χ0) is 22.9. The van der Waals surface area contributed by atoms with Crippen LogP contribution in [0.25, 0.3) is 11.3 Å². The van der Waals surface area contributed by atoms with Gasteiger partial charge in [0.2, 0.25) is 5.95 Å². The number of aromatic nitrogens is 3. The molecule has 0 aliphatic carbocycles. The maximum atomic E-state index is 5.54. The summed E-state index contributed by atoms with van der Waals surface area (Å²) < 4.78 is 0. The molecule has 3 heterocycles. The minimum absolute atomic E-state index is 0.581. The third kappa shape index (κ3) is 6.73. The molecule has 1 aliphatic rings. The average Bonchev–Trinajstić information content (AvgIpc) is 2.83. The standard InChI is InChI=1S/C26H35N7/c1-33-17-3-2-5-20(13-18-33)21-6-9-23(10-7-21)31-26-29-16-12-24(32-26)22-8-11-25(30-19-22)28-15-4-14-27/h6-12,16,19-20H,2-5,13-15,17-18,27H2,1H3,(H,28,30)(H,29,31,32). The quantitative estimate of drug-likeness (QED) is 0.435. The second kappa shape index (κ2) is 11.7. The summed E-state index contributed by atoms with van der Waals surface area (Å²) >= 11 is 0. The molecule has 0 radical (unpaired) electrons. The third-order valence-electron chi connectivity index (χ3n) is 6.24. The van der Waals surface area contributed by atoms with Crippen LogP contribution in [0.3, 0.4) is 0 Å². The van der Waals surface area contributed by atoms with E-state index in [0.29, 0.717) is 18.4 Å². The van der Waals surface area contributed by atoms with Gasteiger partial charge in [0.05, 0.1) is 5.69 Å². The van der Waals surface area contributed by atoms with Gasteiger partial charge in [-0.3, -0.25) is 0 Å². The van der Waals surface area contributed by atoms with E-state index in [1.54, 1.807) is 6.20 Å². The lowest BCUT2D eigenvalue weighted by molar-refractivity contribution is 0.283. The van der Waals surface area contributed by atoms with Crippen LogP contribution in [0.2, 0.25) is 0 Å². The molecule has 33 heavy (non-hydrogen) atoms. The number of nitrogens with two attached hydrogens (primary N) is 1. The predicted octanol–water partition coefficient (Wildman–Crippen LogP) is 4.63. The van der Waals surface area contributed by atoms with Crippen LogP contribution < -0.4 is 16.4 Å². The molecule has 4 N–H and O–H groups in total. The van der Waals surface area contributed by atoms with Crippen molar-refractivity contribution in [3.63, 3.8) is 0 Å². The molecule has 1 unspecified atom stereocenters. The molecule has 7 heteroatoms. The molecule has 1 aromatic carbocycles.